The Bertz CT molecular complexity index is 568. The van der Waals surface area contributed by atoms with E-state index < -0.39 is 0 Å². The first kappa shape index (κ1) is 14.3. The van der Waals surface area contributed by atoms with Gasteiger partial charge in [-0.3, -0.25) is 4.90 Å². The Morgan fingerprint density at radius 2 is 1.95 bits per heavy atom. The molecule has 1 saturated heterocycles. The Labute approximate surface area is 126 Å². The molecule has 0 saturated carbocycles. The lowest BCUT2D eigenvalue weighted by atomic mass is 10.1. The lowest BCUT2D eigenvalue weighted by Gasteiger charge is -2.31. The molecule has 0 atom stereocenters. The van der Waals surface area contributed by atoms with E-state index in [0.29, 0.717) is 6.04 Å². The molecule has 4 nitrogen and oxygen atoms in total. The largest absolute Gasteiger partial charge is 0.444 e. The Morgan fingerprint density at radius 3 is 2.62 bits per heavy atom. The molecule has 112 valence electrons. The molecule has 2 aromatic rings. The molecule has 1 N–H and O–H groups in total. The second-order valence-electron chi connectivity index (χ2n) is 5.85. The molecule has 4 heteroatoms. The fraction of sp³-hybridized carbons (Fsp3) is 0.471. The number of hydrogen-bond donors (Lipinski definition) is 1. The summed E-state index contributed by atoms with van der Waals surface area (Å²) in [7, 11) is 2.05. The summed E-state index contributed by atoms with van der Waals surface area (Å²) in [5.74, 6) is 0.718. The third-order valence-corrected chi connectivity index (χ3v) is 4.23. The number of nitrogens with one attached hydrogen (secondary N) is 1. The molecule has 0 radical (unpaired) electrons. The van der Waals surface area contributed by atoms with E-state index in [2.05, 4.69) is 46.4 Å². The SMILES string of the molecule is CNC1CCN(Cc2coc(-c3ccc(C)cc3)n2)CC1. The maximum atomic E-state index is 5.62. The van der Waals surface area contributed by atoms with Gasteiger partial charge in [-0.05, 0) is 38.9 Å². The van der Waals surface area contributed by atoms with Gasteiger partial charge < -0.3 is 9.73 Å². The monoisotopic (exact) mass is 285 g/mol. The van der Waals surface area contributed by atoms with Crippen LogP contribution in [0.1, 0.15) is 24.1 Å². The molecule has 0 bridgehead atoms. The Balaban J connectivity index is 1.62. The molecule has 3 rings (SSSR count). The van der Waals surface area contributed by atoms with Crippen LogP contribution in [0, 0.1) is 6.92 Å². The van der Waals surface area contributed by atoms with Crippen LogP contribution >= 0.6 is 0 Å². The van der Waals surface area contributed by atoms with Crippen LogP contribution in [0.25, 0.3) is 11.5 Å². The summed E-state index contributed by atoms with van der Waals surface area (Å²) >= 11 is 0. The molecule has 0 amide bonds. The number of nitrogens with zero attached hydrogens (tertiary/aromatic N) is 2. The highest BCUT2D eigenvalue weighted by Crippen LogP contribution is 2.20. The summed E-state index contributed by atoms with van der Waals surface area (Å²) in [4.78, 5) is 7.07. The van der Waals surface area contributed by atoms with Crippen molar-refractivity contribution in [1.82, 2.24) is 15.2 Å². The zero-order chi connectivity index (χ0) is 14.7. The van der Waals surface area contributed by atoms with Crippen LogP contribution in [0.4, 0.5) is 0 Å². The highest BCUT2D eigenvalue weighted by molar-refractivity contribution is 5.53. The number of rotatable bonds is 4. The highest BCUT2D eigenvalue weighted by atomic mass is 16.3. The minimum absolute atomic E-state index is 0.668. The van der Waals surface area contributed by atoms with Crippen LogP contribution in [0.2, 0.25) is 0 Å². The van der Waals surface area contributed by atoms with E-state index in [1.165, 1.54) is 18.4 Å². The lowest BCUT2D eigenvalue weighted by molar-refractivity contribution is 0.192. The van der Waals surface area contributed by atoms with Gasteiger partial charge in [-0.1, -0.05) is 17.7 Å². The van der Waals surface area contributed by atoms with Crippen LogP contribution in [-0.2, 0) is 6.54 Å². The normalized spacial score (nSPS) is 17.2. The third kappa shape index (κ3) is 3.52. The van der Waals surface area contributed by atoms with E-state index in [1.807, 2.05) is 7.05 Å². The summed E-state index contributed by atoms with van der Waals surface area (Å²) in [5.41, 5.74) is 3.31. The van der Waals surface area contributed by atoms with Gasteiger partial charge in [-0.2, -0.15) is 0 Å². The number of benzene rings is 1. The number of piperidine rings is 1. The molecular formula is C17H23N3O. The van der Waals surface area contributed by atoms with Crippen molar-refractivity contribution in [3.8, 4) is 11.5 Å². The summed E-state index contributed by atoms with van der Waals surface area (Å²) < 4.78 is 5.62. The van der Waals surface area contributed by atoms with E-state index in [9.17, 15) is 0 Å². The lowest BCUT2D eigenvalue weighted by Crippen LogP contribution is -2.40. The van der Waals surface area contributed by atoms with Crippen LogP contribution in [0.3, 0.4) is 0 Å². The molecule has 1 aromatic carbocycles. The maximum Gasteiger partial charge on any atom is 0.226 e. The second kappa shape index (κ2) is 6.41. The number of aromatic nitrogens is 1. The van der Waals surface area contributed by atoms with E-state index >= 15 is 0 Å². The zero-order valence-electron chi connectivity index (χ0n) is 12.8. The predicted octanol–water partition coefficient (Wildman–Crippen LogP) is 2.83. The Morgan fingerprint density at radius 1 is 1.24 bits per heavy atom. The van der Waals surface area contributed by atoms with Gasteiger partial charge in [-0.15, -0.1) is 0 Å². The topological polar surface area (TPSA) is 41.3 Å². The smallest absolute Gasteiger partial charge is 0.226 e. The van der Waals surface area contributed by atoms with Crippen LogP contribution in [-0.4, -0.2) is 36.1 Å². The number of likely N-dealkylation sites (tertiary alicyclic amines) is 1. The second-order valence-corrected chi connectivity index (χ2v) is 5.85. The van der Waals surface area contributed by atoms with Crippen LogP contribution < -0.4 is 5.32 Å². The van der Waals surface area contributed by atoms with E-state index in [0.717, 1.165) is 36.8 Å². The van der Waals surface area contributed by atoms with E-state index in [-0.39, 0.29) is 0 Å². The van der Waals surface area contributed by atoms with Gasteiger partial charge >= 0.3 is 0 Å². The standard InChI is InChI=1S/C17H23N3O/c1-13-3-5-14(6-4-13)17-19-16(12-21-17)11-20-9-7-15(18-2)8-10-20/h3-6,12,15,18H,7-11H2,1-2H3. The zero-order valence-corrected chi connectivity index (χ0v) is 12.8. The average molecular weight is 285 g/mol. The molecule has 1 aliphatic heterocycles. The molecule has 0 spiro atoms. The van der Waals surface area contributed by atoms with Gasteiger partial charge in [-0.25, -0.2) is 4.98 Å². The fourth-order valence-electron chi connectivity index (χ4n) is 2.82. The molecule has 1 fully saturated rings. The van der Waals surface area contributed by atoms with Gasteiger partial charge in [0.15, 0.2) is 0 Å². The van der Waals surface area contributed by atoms with Gasteiger partial charge in [0.05, 0.1) is 5.69 Å². The van der Waals surface area contributed by atoms with Crippen molar-refractivity contribution < 1.29 is 4.42 Å². The molecule has 1 aliphatic rings. The van der Waals surface area contributed by atoms with Gasteiger partial charge in [0.25, 0.3) is 0 Å². The van der Waals surface area contributed by atoms with Crippen LogP contribution in [0.15, 0.2) is 34.9 Å². The van der Waals surface area contributed by atoms with Gasteiger partial charge in [0, 0.05) is 31.2 Å². The summed E-state index contributed by atoms with van der Waals surface area (Å²) in [5, 5.41) is 3.36. The molecule has 0 unspecified atom stereocenters. The summed E-state index contributed by atoms with van der Waals surface area (Å²) in [6, 6.07) is 8.96. The molecule has 1 aromatic heterocycles. The van der Waals surface area contributed by atoms with Crippen molar-refractivity contribution in [3.05, 3.63) is 41.8 Å². The molecule has 2 heterocycles. The van der Waals surface area contributed by atoms with Crippen molar-refractivity contribution in [2.45, 2.75) is 32.4 Å². The average Bonchev–Trinajstić information content (AvgIpc) is 2.97. The van der Waals surface area contributed by atoms with Gasteiger partial charge in [0.1, 0.15) is 6.26 Å². The Hall–Kier alpha value is -1.65. The van der Waals surface area contributed by atoms with Crippen molar-refractivity contribution in [3.63, 3.8) is 0 Å². The number of oxazole rings is 1. The molecule has 0 aliphatic carbocycles. The van der Waals surface area contributed by atoms with Crippen molar-refractivity contribution in [2.75, 3.05) is 20.1 Å². The minimum Gasteiger partial charge on any atom is -0.444 e. The quantitative estimate of drug-likeness (QED) is 0.938. The van der Waals surface area contributed by atoms with Crippen molar-refractivity contribution >= 4 is 0 Å². The third-order valence-electron chi connectivity index (χ3n) is 4.23. The van der Waals surface area contributed by atoms with E-state index in [4.69, 9.17) is 4.42 Å². The predicted molar refractivity (Wildman–Crippen MR) is 84.0 cm³/mol. The van der Waals surface area contributed by atoms with Crippen LogP contribution in [0.5, 0.6) is 0 Å². The molecule has 21 heavy (non-hydrogen) atoms. The van der Waals surface area contributed by atoms with Crippen molar-refractivity contribution in [2.24, 2.45) is 0 Å². The number of aryl methyl sites for hydroxylation is 1. The summed E-state index contributed by atoms with van der Waals surface area (Å²) in [6.07, 6.45) is 4.21. The van der Waals surface area contributed by atoms with E-state index in [1.54, 1.807) is 6.26 Å². The highest BCUT2D eigenvalue weighted by Gasteiger charge is 2.18. The number of hydrogen-bond acceptors (Lipinski definition) is 4. The van der Waals surface area contributed by atoms with Gasteiger partial charge in [0.2, 0.25) is 5.89 Å². The maximum absolute atomic E-state index is 5.62. The molecular weight excluding hydrogens is 262 g/mol. The minimum atomic E-state index is 0.668. The first-order chi connectivity index (χ1) is 10.2. The Kier molecular flexibility index (Phi) is 4.36. The van der Waals surface area contributed by atoms with Crippen molar-refractivity contribution in [1.29, 1.82) is 0 Å². The summed E-state index contributed by atoms with van der Waals surface area (Å²) in [6.45, 7) is 5.21. The first-order valence-corrected chi connectivity index (χ1v) is 7.65. The first-order valence-electron chi connectivity index (χ1n) is 7.65. The fourth-order valence-corrected chi connectivity index (χ4v) is 2.82.